The van der Waals surface area contributed by atoms with Crippen molar-refractivity contribution in [2.45, 2.75) is 39.3 Å². The van der Waals surface area contributed by atoms with E-state index in [4.69, 9.17) is 25.5 Å². The van der Waals surface area contributed by atoms with E-state index in [2.05, 4.69) is 15.2 Å². The van der Waals surface area contributed by atoms with Crippen molar-refractivity contribution in [2.24, 2.45) is 0 Å². The topological polar surface area (TPSA) is 59.8 Å². The number of ether oxygens (including phenoxy) is 2. The van der Waals surface area contributed by atoms with Crippen LogP contribution in [0.5, 0.6) is 11.5 Å². The second-order valence-corrected chi connectivity index (χ2v) is 8.24. The van der Waals surface area contributed by atoms with Crippen LogP contribution in [0.2, 0.25) is 5.02 Å². The van der Waals surface area contributed by atoms with Crippen LogP contribution < -0.4 is 14.8 Å². The molecule has 32 heavy (non-hydrogen) atoms. The van der Waals surface area contributed by atoms with E-state index in [-0.39, 0.29) is 0 Å². The van der Waals surface area contributed by atoms with Crippen LogP contribution in [-0.4, -0.2) is 42.2 Å². The van der Waals surface area contributed by atoms with Gasteiger partial charge in [0.1, 0.15) is 16.5 Å². The maximum atomic E-state index is 6.43. The first kappa shape index (κ1) is 22.5. The minimum Gasteiger partial charge on any atom is -0.492 e. The number of rotatable bonds is 9. The second kappa shape index (κ2) is 10.7. The van der Waals surface area contributed by atoms with Gasteiger partial charge in [0.15, 0.2) is 5.76 Å². The Labute approximate surface area is 194 Å². The summed E-state index contributed by atoms with van der Waals surface area (Å²) >= 11 is 6.43. The van der Waals surface area contributed by atoms with Crippen molar-refractivity contribution in [1.82, 2.24) is 9.88 Å². The normalized spacial score (nSPS) is 15.0. The standard InChI is InChI=1S/C25H30ClN3O3/c1-3-30-21-14-18(15-22(24(21)26)31-4-2)17-29-12-10-20(11-13-29)28-25-27-16-23(32-25)19-8-6-5-7-9-19/h5-9,14-16,20H,3-4,10-13,17H2,1-2H3,(H,27,28). The Hall–Kier alpha value is -2.70. The Morgan fingerprint density at radius 3 is 2.34 bits per heavy atom. The lowest BCUT2D eigenvalue weighted by molar-refractivity contribution is 0.209. The lowest BCUT2D eigenvalue weighted by Gasteiger charge is -2.32. The van der Waals surface area contributed by atoms with E-state index in [9.17, 15) is 0 Å². The first-order valence-corrected chi connectivity index (χ1v) is 11.6. The Kier molecular flexibility index (Phi) is 7.55. The summed E-state index contributed by atoms with van der Waals surface area (Å²) in [7, 11) is 0. The predicted molar refractivity (Wildman–Crippen MR) is 128 cm³/mol. The molecular formula is C25H30ClN3O3. The number of benzene rings is 2. The van der Waals surface area contributed by atoms with Crippen molar-refractivity contribution in [3.63, 3.8) is 0 Å². The predicted octanol–water partition coefficient (Wildman–Crippen LogP) is 5.87. The molecule has 1 fully saturated rings. The molecule has 2 heterocycles. The number of halogens is 1. The average Bonchev–Trinajstić information content (AvgIpc) is 3.28. The molecule has 0 spiro atoms. The lowest BCUT2D eigenvalue weighted by atomic mass is 10.0. The van der Waals surface area contributed by atoms with Gasteiger partial charge in [-0.2, -0.15) is 0 Å². The molecule has 170 valence electrons. The summed E-state index contributed by atoms with van der Waals surface area (Å²) < 4.78 is 17.3. The fraction of sp³-hybridized carbons (Fsp3) is 0.400. The molecule has 3 aromatic rings. The van der Waals surface area contributed by atoms with E-state index < -0.39 is 0 Å². The van der Waals surface area contributed by atoms with Crippen LogP contribution in [0.15, 0.2) is 53.1 Å². The van der Waals surface area contributed by atoms with Crippen LogP contribution in [0.1, 0.15) is 32.3 Å². The highest BCUT2D eigenvalue weighted by atomic mass is 35.5. The third kappa shape index (κ3) is 5.56. The zero-order chi connectivity index (χ0) is 22.3. The summed E-state index contributed by atoms with van der Waals surface area (Å²) in [5, 5.41) is 4.00. The van der Waals surface area contributed by atoms with Gasteiger partial charge in [-0.3, -0.25) is 4.90 Å². The van der Waals surface area contributed by atoms with Crippen molar-refractivity contribution in [3.8, 4) is 22.8 Å². The molecule has 0 amide bonds. The molecule has 1 aromatic heterocycles. The number of hydrogen-bond acceptors (Lipinski definition) is 6. The van der Waals surface area contributed by atoms with Gasteiger partial charge in [-0.05, 0) is 44.4 Å². The Balaban J connectivity index is 1.33. The smallest absolute Gasteiger partial charge is 0.295 e. The minimum atomic E-state index is 0.344. The Morgan fingerprint density at radius 2 is 1.72 bits per heavy atom. The maximum absolute atomic E-state index is 6.43. The van der Waals surface area contributed by atoms with Gasteiger partial charge in [-0.1, -0.05) is 41.9 Å². The van der Waals surface area contributed by atoms with Crippen LogP contribution in [-0.2, 0) is 6.54 Å². The first-order chi connectivity index (χ1) is 15.7. The van der Waals surface area contributed by atoms with Gasteiger partial charge in [0.05, 0.1) is 19.4 Å². The third-order valence-electron chi connectivity index (χ3n) is 5.55. The lowest BCUT2D eigenvalue weighted by Crippen LogP contribution is -2.38. The van der Waals surface area contributed by atoms with Crippen molar-refractivity contribution in [1.29, 1.82) is 0 Å². The summed E-state index contributed by atoms with van der Waals surface area (Å²) in [5.41, 5.74) is 2.18. The monoisotopic (exact) mass is 455 g/mol. The average molecular weight is 456 g/mol. The number of hydrogen-bond donors (Lipinski definition) is 1. The van der Waals surface area contributed by atoms with E-state index >= 15 is 0 Å². The third-order valence-corrected chi connectivity index (χ3v) is 5.92. The van der Waals surface area contributed by atoms with E-state index in [1.165, 1.54) is 0 Å². The molecular weight excluding hydrogens is 426 g/mol. The molecule has 0 radical (unpaired) electrons. The molecule has 1 N–H and O–H groups in total. The highest BCUT2D eigenvalue weighted by Gasteiger charge is 2.22. The minimum absolute atomic E-state index is 0.344. The van der Waals surface area contributed by atoms with Gasteiger partial charge >= 0.3 is 0 Å². The van der Waals surface area contributed by atoms with Gasteiger partial charge in [-0.15, -0.1) is 0 Å². The molecule has 0 saturated carbocycles. The molecule has 1 aliphatic heterocycles. The molecule has 0 bridgehead atoms. The van der Waals surface area contributed by atoms with E-state index in [0.29, 0.717) is 41.8 Å². The molecule has 6 nitrogen and oxygen atoms in total. The van der Waals surface area contributed by atoms with Crippen molar-refractivity contribution >= 4 is 17.6 Å². The Bertz CT molecular complexity index is 974. The number of likely N-dealkylation sites (tertiary alicyclic amines) is 1. The van der Waals surface area contributed by atoms with Gasteiger partial charge in [0, 0.05) is 31.2 Å². The molecule has 0 unspecified atom stereocenters. The van der Waals surface area contributed by atoms with E-state index in [1.54, 1.807) is 6.20 Å². The molecule has 7 heteroatoms. The van der Waals surface area contributed by atoms with Crippen LogP contribution in [0.3, 0.4) is 0 Å². The van der Waals surface area contributed by atoms with Crippen LogP contribution >= 0.6 is 11.6 Å². The fourth-order valence-electron chi connectivity index (χ4n) is 3.98. The second-order valence-electron chi connectivity index (χ2n) is 7.86. The van der Waals surface area contributed by atoms with Crippen molar-refractivity contribution in [2.75, 3.05) is 31.6 Å². The molecule has 0 aliphatic carbocycles. The molecule has 4 rings (SSSR count). The quantitative estimate of drug-likeness (QED) is 0.435. The summed E-state index contributed by atoms with van der Waals surface area (Å²) in [6, 6.07) is 15.0. The van der Waals surface area contributed by atoms with Crippen LogP contribution in [0.25, 0.3) is 11.3 Å². The zero-order valence-electron chi connectivity index (χ0n) is 18.6. The van der Waals surface area contributed by atoms with Gasteiger partial charge in [0.2, 0.25) is 0 Å². The number of nitrogens with one attached hydrogen (secondary N) is 1. The maximum Gasteiger partial charge on any atom is 0.295 e. The summed E-state index contributed by atoms with van der Waals surface area (Å²) in [6.07, 6.45) is 3.82. The summed E-state index contributed by atoms with van der Waals surface area (Å²) in [4.78, 5) is 6.85. The number of aromatic nitrogens is 1. The van der Waals surface area contributed by atoms with E-state index in [0.717, 1.165) is 49.4 Å². The number of nitrogens with zero attached hydrogens (tertiary/aromatic N) is 2. The van der Waals surface area contributed by atoms with Gasteiger partial charge in [-0.25, -0.2) is 4.98 Å². The number of oxazole rings is 1. The Morgan fingerprint density at radius 1 is 1.06 bits per heavy atom. The summed E-state index contributed by atoms with van der Waals surface area (Å²) in [5.74, 6) is 2.15. The first-order valence-electron chi connectivity index (χ1n) is 11.2. The highest BCUT2D eigenvalue weighted by molar-refractivity contribution is 6.33. The van der Waals surface area contributed by atoms with Crippen LogP contribution in [0.4, 0.5) is 6.01 Å². The molecule has 1 saturated heterocycles. The number of anilines is 1. The van der Waals surface area contributed by atoms with E-state index in [1.807, 2.05) is 56.3 Å². The van der Waals surface area contributed by atoms with Crippen molar-refractivity contribution in [3.05, 3.63) is 59.2 Å². The molecule has 0 atom stereocenters. The highest BCUT2D eigenvalue weighted by Crippen LogP contribution is 2.36. The summed E-state index contributed by atoms with van der Waals surface area (Å²) in [6.45, 7) is 7.86. The van der Waals surface area contributed by atoms with Gasteiger partial charge < -0.3 is 19.2 Å². The van der Waals surface area contributed by atoms with Crippen molar-refractivity contribution < 1.29 is 13.9 Å². The zero-order valence-corrected chi connectivity index (χ0v) is 19.4. The fourth-order valence-corrected chi connectivity index (χ4v) is 4.20. The molecule has 1 aliphatic rings. The van der Waals surface area contributed by atoms with Crippen LogP contribution in [0, 0.1) is 0 Å². The number of piperidine rings is 1. The molecule has 2 aromatic carbocycles. The SMILES string of the molecule is CCOc1cc(CN2CCC(Nc3ncc(-c4ccccc4)o3)CC2)cc(OCC)c1Cl. The van der Waals surface area contributed by atoms with Gasteiger partial charge in [0.25, 0.3) is 6.01 Å². The largest absolute Gasteiger partial charge is 0.492 e.